The lowest BCUT2D eigenvalue weighted by atomic mass is 10.0. The minimum Gasteiger partial charge on any atom is -0.152 e. The highest BCUT2D eigenvalue weighted by Crippen LogP contribution is 2.37. The summed E-state index contributed by atoms with van der Waals surface area (Å²) >= 11 is 15.2. The van der Waals surface area contributed by atoms with Crippen LogP contribution in [0.4, 0.5) is 0 Å². The second-order valence-electron chi connectivity index (χ2n) is 3.54. The van der Waals surface area contributed by atoms with E-state index in [1.165, 1.54) is 11.1 Å². The van der Waals surface area contributed by atoms with E-state index in [1.807, 2.05) is 12.1 Å². The molecule has 0 aliphatic rings. The third-order valence-corrected chi connectivity index (χ3v) is 4.96. The summed E-state index contributed by atoms with van der Waals surface area (Å²) < 4.78 is 2.09. The lowest BCUT2D eigenvalue weighted by Gasteiger charge is -2.12. The summed E-state index contributed by atoms with van der Waals surface area (Å²) in [4.78, 5) is 0. The maximum Gasteiger partial charge on any atom is 0.0857 e. The van der Waals surface area contributed by atoms with Gasteiger partial charge in [-0.3, -0.25) is 0 Å². The van der Waals surface area contributed by atoms with Crippen molar-refractivity contribution in [2.24, 2.45) is 0 Å². The summed E-state index contributed by atoms with van der Waals surface area (Å²) in [6.07, 6.45) is 0. The summed E-state index contributed by atoms with van der Waals surface area (Å²) in [6, 6.07) is 6.06. The minimum atomic E-state index is -0.0990. The van der Waals surface area contributed by atoms with Gasteiger partial charge in [0, 0.05) is 8.95 Å². The molecule has 0 nitrogen and oxygen atoms in total. The molecule has 1 atom stereocenters. The van der Waals surface area contributed by atoms with E-state index in [1.54, 1.807) is 11.3 Å². The molecule has 2 aromatic rings. The predicted molar refractivity (Wildman–Crippen MR) is 78.6 cm³/mol. The lowest BCUT2D eigenvalue weighted by Crippen LogP contribution is -1.94. The lowest BCUT2D eigenvalue weighted by molar-refractivity contribution is 1.11. The van der Waals surface area contributed by atoms with E-state index in [2.05, 4.69) is 55.6 Å². The van der Waals surface area contributed by atoms with Gasteiger partial charge >= 0.3 is 0 Å². The highest BCUT2D eigenvalue weighted by Gasteiger charge is 2.16. The largest absolute Gasteiger partial charge is 0.152 e. The van der Waals surface area contributed by atoms with Gasteiger partial charge < -0.3 is 0 Å². The van der Waals surface area contributed by atoms with Gasteiger partial charge in [0.15, 0.2) is 0 Å². The molecule has 16 heavy (non-hydrogen) atoms. The van der Waals surface area contributed by atoms with Crippen molar-refractivity contribution in [3.63, 3.8) is 0 Å². The van der Waals surface area contributed by atoms with Gasteiger partial charge in [0.2, 0.25) is 0 Å². The predicted octanol–water partition coefficient (Wildman–Crippen LogP) is 5.91. The fourth-order valence-corrected chi connectivity index (χ4v) is 3.86. The van der Waals surface area contributed by atoms with Crippen molar-refractivity contribution in [2.45, 2.75) is 12.3 Å². The van der Waals surface area contributed by atoms with Crippen molar-refractivity contribution in [1.82, 2.24) is 0 Å². The fourth-order valence-electron chi connectivity index (χ4n) is 1.51. The Morgan fingerprint density at radius 2 is 1.94 bits per heavy atom. The number of halogens is 3. The van der Waals surface area contributed by atoms with E-state index in [9.17, 15) is 0 Å². The third kappa shape index (κ3) is 2.53. The minimum absolute atomic E-state index is 0.0990. The first-order valence-electron chi connectivity index (χ1n) is 4.71. The number of benzene rings is 1. The van der Waals surface area contributed by atoms with Gasteiger partial charge in [-0.1, -0.05) is 31.9 Å². The summed E-state index contributed by atoms with van der Waals surface area (Å²) in [5.74, 6) is 0. The summed E-state index contributed by atoms with van der Waals surface area (Å²) in [6.45, 7) is 2.09. The van der Waals surface area contributed by atoms with E-state index in [0.717, 1.165) is 14.5 Å². The molecule has 84 valence electrons. The van der Waals surface area contributed by atoms with Crippen LogP contribution in [0.1, 0.15) is 22.1 Å². The Hall–Kier alpha value is 0.170. The van der Waals surface area contributed by atoms with Gasteiger partial charge in [-0.25, -0.2) is 0 Å². The molecule has 0 saturated carbocycles. The van der Waals surface area contributed by atoms with Crippen LogP contribution in [0, 0.1) is 6.92 Å². The number of alkyl halides is 1. The van der Waals surface area contributed by atoms with Crippen LogP contribution in [0.25, 0.3) is 0 Å². The van der Waals surface area contributed by atoms with Gasteiger partial charge in [-0.05, 0) is 52.6 Å². The Balaban J connectivity index is 2.45. The van der Waals surface area contributed by atoms with E-state index < -0.39 is 0 Å². The van der Waals surface area contributed by atoms with Crippen LogP contribution in [0.3, 0.4) is 0 Å². The van der Waals surface area contributed by atoms with E-state index in [-0.39, 0.29) is 5.38 Å². The zero-order chi connectivity index (χ0) is 11.7. The van der Waals surface area contributed by atoms with Gasteiger partial charge in [0.1, 0.15) is 0 Å². The van der Waals surface area contributed by atoms with Gasteiger partial charge in [0.05, 0.1) is 5.38 Å². The fraction of sp³-hybridized carbons (Fsp3) is 0.167. The van der Waals surface area contributed by atoms with Gasteiger partial charge in [-0.15, -0.1) is 11.6 Å². The van der Waals surface area contributed by atoms with Crippen LogP contribution >= 0.6 is 54.8 Å². The Morgan fingerprint density at radius 3 is 2.56 bits per heavy atom. The van der Waals surface area contributed by atoms with Crippen molar-refractivity contribution in [3.05, 3.63) is 54.6 Å². The van der Waals surface area contributed by atoms with Gasteiger partial charge in [-0.2, -0.15) is 11.3 Å². The van der Waals surface area contributed by atoms with Crippen LogP contribution < -0.4 is 0 Å². The van der Waals surface area contributed by atoms with E-state index >= 15 is 0 Å². The maximum atomic E-state index is 6.51. The van der Waals surface area contributed by atoms with Gasteiger partial charge in [0.25, 0.3) is 0 Å². The molecular formula is C12H9Br2ClS. The first-order chi connectivity index (χ1) is 7.59. The van der Waals surface area contributed by atoms with Crippen molar-refractivity contribution >= 4 is 54.8 Å². The van der Waals surface area contributed by atoms with Crippen molar-refractivity contribution in [3.8, 4) is 0 Å². The molecule has 0 amide bonds. The highest BCUT2D eigenvalue weighted by molar-refractivity contribution is 9.11. The molecule has 0 aliphatic carbocycles. The molecule has 0 aliphatic heterocycles. The summed E-state index contributed by atoms with van der Waals surface area (Å²) in [5.41, 5.74) is 3.53. The third-order valence-electron chi connectivity index (χ3n) is 2.40. The Labute approximate surface area is 121 Å². The second-order valence-corrected chi connectivity index (χ2v) is 6.49. The van der Waals surface area contributed by atoms with Crippen LogP contribution in [0.15, 0.2) is 37.9 Å². The first kappa shape index (κ1) is 12.6. The summed E-state index contributed by atoms with van der Waals surface area (Å²) in [5, 5.41) is 4.13. The molecule has 0 fully saturated rings. The second kappa shape index (κ2) is 5.21. The average molecular weight is 381 g/mol. The van der Waals surface area contributed by atoms with E-state index in [0.29, 0.717) is 0 Å². The Kier molecular flexibility index (Phi) is 4.11. The average Bonchev–Trinajstić information content (AvgIpc) is 2.67. The summed E-state index contributed by atoms with van der Waals surface area (Å²) in [7, 11) is 0. The van der Waals surface area contributed by atoms with Crippen molar-refractivity contribution in [1.29, 1.82) is 0 Å². The molecule has 1 unspecified atom stereocenters. The molecule has 1 aromatic heterocycles. The standard InChI is InChI=1S/C12H9Br2ClS/c1-7-5-16-6-10(7)12(15)9-4-8(13)2-3-11(9)14/h2-6,12H,1H3. The number of aryl methyl sites for hydroxylation is 1. The van der Waals surface area contributed by atoms with E-state index in [4.69, 9.17) is 11.6 Å². The molecular weight excluding hydrogens is 371 g/mol. The van der Waals surface area contributed by atoms with Crippen LogP contribution in [0.5, 0.6) is 0 Å². The van der Waals surface area contributed by atoms with Crippen molar-refractivity contribution < 1.29 is 0 Å². The molecule has 4 heteroatoms. The maximum absolute atomic E-state index is 6.51. The SMILES string of the molecule is Cc1cscc1C(Cl)c1cc(Br)ccc1Br. The topological polar surface area (TPSA) is 0 Å². The molecule has 0 bridgehead atoms. The zero-order valence-corrected chi connectivity index (χ0v) is 13.3. The molecule has 0 radical (unpaired) electrons. The van der Waals surface area contributed by atoms with Crippen LogP contribution in [-0.4, -0.2) is 0 Å². The first-order valence-corrected chi connectivity index (χ1v) is 7.68. The Bertz CT molecular complexity index is 507. The number of thiophene rings is 1. The molecule has 0 saturated heterocycles. The van der Waals surface area contributed by atoms with Crippen LogP contribution in [0.2, 0.25) is 0 Å². The monoisotopic (exact) mass is 378 g/mol. The number of hydrogen-bond donors (Lipinski definition) is 0. The molecule has 0 N–H and O–H groups in total. The quantitative estimate of drug-likeness (QED) is 0.568. The number of hydrogen-bond acceptors (Lipinski definition) is 1. The van der Waals surface area contributed by atoms with Crippen LogP contribution in [-0.2, 0) is 0 Å². The molecule has 0 spiro atoms. The Morgan fingerprint density at radius 1 is 1.19 bits per heavy atom. The highest BCUT2D eigenvalue weighted by atomic mass is 79.9. The number of rotatable bonds is 2. The normalized spacial score (nSPS) is 12.8. The molecule has 1 heterocycles. The molecule has 1 aromatic carbocycles. The zero-order valence-electron chi connectivity index (χ0n) is 8.51. The van der Waals surface area contributed by atoms with Crippen molar-refractivity contribution in [2.75, 3.05) is 0 Å². The molecule has 2 rings (SSSR count). The smallest absolute Gasteiger partial charge is 0.0857 e.